The maximum Gasteiger partial charge on any atom is 0.328 e. The highest BCUT2D eigenvalue weighted by atomic mass is 32.1. The second kappa shape index (κ2) is 8.49. The second-order valence-electron chi connectivity index (χ2n) is 6.55. The van der Waals surface area contributed by atoms with Gasteiger partial charge in [0.1, 0.15) is 22.3 Å². The third-order valence-corrected chi connectivity index (χ3v) is 5.58. The number of rotatable bonds is 6. The van der Waals surface area contributed by atoms with Gasteiger partial charge < -0.3 is 9.84 Å². The number of carbonyl (C=O) groups is 2. The maximum atomic E-state index is 14.4. The Hall–Kier alpha value is -3.84. The molecule has 1 aromatic heterocycles. The zero-order valence-electron chi connectivity index (χ0n) is 15.8. The third kappa shape index (κ3) is 4.36. The summed E-state index contributed by atoms with van der Waals surface area (Å²) in [5, 5.41) is 9.23. The Morgan fingerprint density at radius 2 is 1.74 bits per heavy atom. The minimum Gasteiger partial charge on any atom is -0.478 e. The van der Waals surface area contributed by atoms with Gasteiger partial charge in [-0.2, -0.15) is 0 Å². The van der Waals surface area contributed by atoms with Gasteiger partial charge in [-0.3, -0.25) is 4.79 Å². The number of ketones is 1. The van der Waals surface area contributed by atoms with Crippen LogP contribution in [-0.2, 0) is 4.79 Å². The Bertz CT molecular complexity index is 1330. The quantitative estimate of drug-likeness (QED) is 0.285. The van der Waals surface area contributed by atoms with E-state index in [4.69, 9.17) is 9.84 Å². The lowest BCUT2D eigenvalue weighted by Crippen LogP contribution is -2.00. The lowest BCUT2D eigenvalue weighted by atomic mass is 10.1. The van der Waals surface area contributed by atoms with Crippen molar-refractivity contribution in [2.45, 2.75) is 0 Å². The molecule has 0 atom stereocenters. The summed E-state index contributed by atoms with van der Waals surface area (Å²) >= 11 is 1.09. The topological polar surface area (TPSA) is 63.6 Å². The summed E-state index contributed by atoms with van der Waals surface area (Å²) in [5.41, 5.74) is 0.521. The molecule has 0 radical (unpaired) electrons. The molecular weight excluding hydrogens is 422 g/mol. The Balaban J connectivity index is 1.77. The van der Waals surface area contributed by atoms with Crippen molar-refractivity contribution < 1.29 is 28.2 Å². The number of carboxylic acids is 1. The SMILES string of the molecule is O=C(O)/C=C/c1ccc(Oc2c(C(=O)c3ccccc3)sc3cc(F)ccc23)cc1F. The highest BCUT2D eigenvalue weighted by Crippen LogP contribution is 2.42. The lowest BCUT2D eigenvalue weighted by molar-refractivity contribution is -0.131. The van der Waals surface area contributed by atoms with E-state index in [1.165, 1.54) is 30.3 Å². The fraction of sp³-hybridized carbons (Fsp3) is 0. The molecule has 0 amide bonds. The van der Waals surface area contributed by atoms with E-state index < -0.39 is 17.6 Å². The van der Waals surface area contributed by atoms with E-state index in [0.29, 0.717) is 15.6 Å². The summed E-state index contributed by atoms with van der Waals surface area (Å²) in [6, 6.07) is 16.6. The Morgan fingerprint density at radius 3 is 2.45 bits per heavy atom. The Labute approximate surface area is 179 Å². The van der Waals surface area contributed by atoms with Crippen molar-refractivity contribution in [1.82, 2.24) is 0 Å². The van der Waals surface area contributed by atoms with Crippen molar-refractivity contribution in [2.75, 3.05) is 0 Å². The molecule has 0 aliphatic rings. The van der Waals surface area contributed by atoms with E-state index >= 15 is 0 Å². The molecule has 31 heavy (non-hydrogen) atoms. The molecule has 0 saturated carbocycles. The van der Waals surface area contributed by atoms with Crippen molar-refractivity contribution in [2.24, 2.45) is 0 Å². The van der Waals surface area contributed by atoms with Gasteiger partial charge in [-0.25, -0.2) is 13.6 Å². The molecule has 0 saturated heterocycles. The van der Waals surface area contributed by atoms with Gasteiger partial charge in [0.2, 0.25) is 5.78 Å². The zero-order chi connectivity index (χ0) is 22.0. The smallest absolute Gasteiger partial charge is 0.328 e. The van der Waals surface area contributed by atoms with E-state index in [-0.39, 0.29) is 27.7 Å². The predicted octanol–water partition coefficient (Wildman–Crippen LogP) is 6.30. The number of fused-ring (bicyclic) bond motifs is 1. The van der Waals surface area contributed by atoms with E-state index in [1.807, 2.05) is 0 Å². The monoisotopic (exact) mass is 436 g/mol. The van der Waals surface area contributed by atoms with Crippen LogP contribution in [0.5, 0.6) is 11.5 Å². The van der Waals surface area contributed by atoms with Crippen molar-refractivity contribution in [3.63, 3.8) is 0 Å². The average molecular weight is 436 g/mol. The number of thiophene rings is 1. The van der Waals surface area contributed by atoms with Gasteiger partial charge in [-0.15, -0.1) is 11.3 Å². The molecule has 0 bridgehead atoms. The lowest BCUT2D eigenvalue weighted by Gasteiger charge is -2.09. The van der Waals surface area contributed by atoms with Crippen LogP contribution in [0.3, 0.4) is 0 Å². The minimum absolute atomic E-state index is 0.0765. The fourth-order valence-electron chi connectivity index (χ4n) is 3.00. The molecule has 7 heteroatoms. The summed E-state index contributed by atoms with van der Waals surface area (Å²) in [7, 11) is 0. The number of aliphatic carboxylic acids is 1. The van der Waals surface area contributed by atoms with E-state index in [0.717, 1.165) is 29.6 Å². The van der Waals surface area contributed by atoms with Gasteiger partial charge in [0, 0.05) is 33.4 Å². The zero-order valence-corrected chi connectivity index (χ0v) is 16.7. The first kappa shape index (κ1) is 20.4. The summed E-state index contributed by atoms with van der Waals surface area (Å²) in [5.74, 6) is -2.28. The van der Waals surface area contributed by atoms with Crippen molar-refractivity contribution in [3.8, 4) is 11.5 Å². The average Bonchev–Trinajstić information content (AvgIpc) is 3.10. The molecule has 0 spiro atoms. The number of ether oxygens (including phenoxy) is 1. The van der Waals surface area contributed by atoms with Gasteiger partial charge in [-0.1, -0.05) is 30.3 Å². The van der Waals surface area contributed by atoms with Crippen LogP contribution in [0.15, 0.2) is 72.8 Å². The van der Waals surface area contributed by atoms with Gasteiger partial charge in [0.05, 0.1) is 0 Å². The number of hydrogen-bond acceptors (Lipinski definition) is 4. The molecule has 0 aliphatic heterocycles. The van der Waals surface area contributed by atoms with Crippen LogP contribution in [0.25, 0.3) is 16.2 Å². The number of hydrogen-bond donors (Lipinski definition) is 1. The van der Waals surface area contributed by atoms with E-state index in [9.17, 15) is 18.4 Å². The Kier molecular flexibility index (Phi) is 5.60. The van der Waals surface area contributed by atoms with Crippen LogP contribution >= 0.6 is 11.3 Å². The first-order valence-corrected chi connectivity index (χ1v) is 9.94. The van der Waals surface area contributed by atoms with Crippen LogP contribution < -0.4 is 4.74 Å². The molecular formula is C24H14F2O4S. The summed E-state index contributed by atoms with van der Waals surface area (Å²) in [6.07, 6.45) is 1.96. The summed E-state index contributed by atoms with van der Waals surface area (Å²) in [4.78, 5) is 24.0. The molecule has 154 valence electrons. The van der Waals surface area contributed by atoms with Gasteiger partial charge in [0.25, 0.3) is 0 Å². The van der Waals surface area contributed by atoms with Gasteiger partial charge in [0.15, 0.2) is 5.75 Å². The number of halogens is 2. The first-order valence-electron chi connectivity index (χ1n) is 9.12. The predicted molar refractivity (Wildman–Crippen MR) is 115 cm³/mol. The summed E-state index contributed by atoms with van der Waals surface area (Å²) in [6.45, 7) is 0. The molecule has 4 rings (SSSR count). The second-order valence-corrected chi connectivity index (χ2v) is 7.61. The van der Waals surface area contributed by atoms with E-state index in [1.54, 1.807) is 30.3 Å². The van der Waals surface area contributed by atoms with Crippen LogP contribution in [0.4, 0.5) is 8.78 Å². The fourth-order valence-corrected chi connectivity index (χ4v) is 4.12. The molecule has 0 aliphatic carbocycles. The van der Waals surface area contributed by atoms with Crippen molar-refractivity contribution in [3.05, 3.63) is 100 Å². The minimum atomic E-state index is -1.19. The number of carboxylic acid groups (broad SMARTS) is 1. The first-order chi connectivity index (χ1) is 14.9. The summed E-state index contributed by atoms with van der Waals surface area (Å²) < 4.78 is 34.5. The maximum absolute atomic E-state index is 14.4. The van der Waals surface area contributed by atoms with Gasteiger partial charge in [-0.05, 0) is 36.4 Å². The van der Waals surface area contributed by atoms with E-state index in [2.05, 4.69) is 0 Å². The Morgan fingerprint density at radius 1 is 0.968 bits per heavy atom. The number of benzene rings is 3. The molecule has 4 nitrogen and oxygen atoms in total. The largest absolute Gasteiger partial charge is 0.478 e. The van der Waals surface area contributed by atoms with Gasteiger partial charge >= 0.3 is 5.97 Å². The van der Waals surface area contributed by atoms with Crippen molar-refractivity contribution in [1.29, 1.82) is 0 Å². The number of carbonyl (C=O) groups excluding carboxylic acids is 1. The highest BCUT2D eigenvalue weighted by molar-refractivity contribution is 7.21. The van der Waals surface area contributed by atoms with Crippen molar-refractivity contribution >= 4 is 39.3 Å². The third-order valence-electron chi connectivity index (χ3n) is 4.45. The van der Waals surface area contributed by atoms with Crippen LogP contribution in [0, 0.1) is 11.6 Å². The molecule has 1 heterocycles. The van der Waals surface area contributed by atoms with Crippen LogP contribution in [0.1, 0.15) is 20.8 Å². The normalized spacial score (nSPS) is 11.2. The molecule has 3 aromatic carbocycles. The molecule has 0 fully saturated rings. The highest BCUT2D eigenvalue weighted by Gasteiger charge is 2.22. The van der Waals surface area contributed by atoms with Crippen LogP contribution in [-0.4, -0.2) is 16.9 Å². The molecule has 4 aromatic rings. The van der Waals surface area contributed by atoms with Crippen LogP contribution in [0.2, 0.25) is 0 Å². The standard InChI is InChI=1S/C24H14F2O4S/c25-16-8-10-18-20(12-16)31-24(22(29)15-4-2-1-3-5-15)23(18)30-17-9-6-14(19(26)13-17)7-11-21(27)28/h1-13H,(H,27,28)/b11-7+. The molecule has 1 N–H and O–H groups in total. The molecule has 0 unspecified atom stereocenters.